The van der Waals surface area contributed by atoms with Crippen molar-refractivity contribution < 1.29 is 9.13 Å². The van der Waals surface area contributed by atoms with Gasteiger partial charge in [0.15, 0.2) is 0 Å². The fraction of sp³-hybridized carbons (Fsp3) is 0.647. The summed E-state index contributed by atoms with van der Waals surface area (Å²) in [5.41, 5.74) is 1.13. The van der Waals surface area contributed by atoms with Gasteiger partial charge in [0.1, 0.15) is 5.82 Å². The maximum atomic E-state index is 13.5. The van der Waals surface area contributed by atoms with Crippen LogP contribution in [0.5, 0.6) is 0 Å². The van der Waals surface area contributed by atoms with E-state index in [0.717, 1.165) is 45.0 Å². The van der Waals surface area contributed by atoms with E-state index in [9.17, 15) is 4.39 Å². The third kappa shape index (κ3) is 3.74. The molecule has 1 heterocycles. The maximum Gasteiger partial charge on any atom is 0.125 e. The molecule has 21 heavy (non-hydrogen) atoms. The molecule has 4 heteroatoms. The van der Waals surface area contributed by atoms with Gasteiger partial charge in [-0.2, -0.15) is 0 Å². The Morgan fingerprint density at radius 3 is 2.90 bits per heavy atom. The van der Waals surface area contributed by atoms with Crippen LogP contribution in [-0.4, -0.2) is 38.9 Å². The molecule has 1 atom stereocenters. The van der Waals surface area contributed by atoms with Crippen LogP contribution in [0.1, 0.15) is 26.2 Å². The summed E-state index contributed by atoms with van der Waals surface area (Å²) in [6.07, 6.45) is 3.69. The van der Waals surface area contributed by atoms with Gasteiger partial charge in [-0.3, -0.25) is 0 Å². The van der Waals surface area contributed by atoms with E-state index in [1.165, 1.54) is 18.9 Å². The first-order chi connectivity index (χ1) is 10.2. The third-order valence-corrected chi connectivity index (χ3v) is 4.61. The highest BCUT2D eigenvalue weighted by Gasteiger charge is 2.38. The summed E-state index contributed by atoms with van der Waals surface area (Å²) in [7, 11) is 0. The van der Waals surface area contributed by atoms with Gasteiger partial charge in [0.25, 0.3) is 0 Å². The summed E-state index contributed by atoms with van der Waals surface area (Å²) in [4.78, 5) is 2.27. The second kappa shape index (κ2) is 6.32. The molecule has 116 valence electrons. The summed E-state index contributed by atoms with van der Waals surface area (Å²) in [5.74, 6) is -0.168. The first-order valence-corrected chi connectivity index (χ1v) is 8.02. The predicted octanol–water partition coefficient (Wildman–Crippen LogP) is 2.81. The number of anilines is 1. The van der Waals surface area contributed by atoms with Crippen LogP contribution in [-0.2, 0) is 4.74 Å². The van der Waals surface area contributed by atoms with E-state index < -0.39 is 0 Å². The van der Waals surface area contributed by atoms with Gasteiger partial charge < -0.3 is 15.0 Å². The molecule has 1 aliphatic heterocycles. The highest BCUT2D eigenvalue weighted by atomic mass is 19.1. The predicted molar refractivity (Wildman–Crippen MR) is 83.2 cm³/mol. The zero-order valence-corrected chi connectivity index (χ0v) is 12.8. The average Bonchev–Trinajstić information content (AvgIpc) is 3.22. The summed E-state index contributed by atoms with van der Waals surface area (Å²) >= 11 is 0. The lowest BCUT2D eigenvalue weighted by Gasteiger charge is -2.35. The van der Waals surface area contributed by atoms with Gasteiger partial charge in [0.2, 0.25) is 0 Å². The van der Waals surface area contributed by atoms with E-state index in [2.05, 4.69) is 17.1 Å². The van der Waals surface area contributed by atoms with E-state index in [1.54, 1.807) is 12.1 Å². The van der Waals surface area contributed by atoms with Crippen molar-refractivity contribution in [2.24, 2.45) is 5.41 Å². The Morgan fingerprint density at radius 1 is 1.43 bits per heavy atom. The molecule has 1 aromatic rings. The Kier molecular flexibility index (Phi) is 4.45. The number of halogens is 1. The smallest absolute Gasteiger partial charge is 0.125 e. The third-order valence-electron chi connectivity index (χ3n) is 4.61. The van der Waals surface area contributed by atoms with Crippen LogP contribution in [0.25, 0.3) is 0 Å². The van der Waals surface area contributed by atoms with E-state index in [-0.39, 0.29) is 11.2 Å². The van der Waals surface area contributed by atoms with Crippen LogP contribution < -0.4 is 10.2 Å². The van der Waals surface area contributed by atoms with Gasteiger partial charge in [-0.25, -0.2) is 4.39 Å². The van der Waals surface area contributed by atoms with Gasteiger partial charge in [0, 0.05) is 43.4 Å². The van der Waals surface area contributed by atoms with E-state index >= 15 is 0 Å². The molecule has 0 bridgehead atoms. The molecule has 2 aliphatic rings. The second-order valence-electron chi connectivity index (χ2n) is 6.45. The minimum absolute atomic E-state index is 0.158. The molecule has 0 aromatic heterocycles. The molecule has 3 nitrogen and oxygen atoms in total. The first kappa shape index (κ1) is 14.8. The van der Waals surface area contributed by atoms with Crippen LogP contribution in [0, 0.1) is 11.2 Å². The summed E-state index contributed by atoms with van der Waals surface area (Å²) < 4.78 is 19.1. The number of nitrogens with one attached hydrogen (secondary N) is 1. The highest BCUT2D eigenvalue weighted by Crippen LogP contribution is 2.32. The Bertz CT molecular complexity index is 470. The van der Waals surface area contributed by atoms with Crippen molar-refractivity contribution in [3.05, 3.63) is 30.1 Å². The van der Waals surface area contributed by atoms with Gasteiger partial charge in [-0.1, -0.05) is 6.07 Å². The molecular weight excluding hydrogens is 267 g/mol. The number of nitrogens with zero attached hydrogens (tertiary/aromatic N) is 1. The Labute approximate surface area is 126 Å². The summed E-state index contributed by atoms with van der Waals surface area (Å²) in [6, 6.07) is 7.62. The van der Waals surface area contributed by atoms with Gasteiger partial charge >= 0.3 is 0 Å². The lowest BCUT2D eigenvalue weighted by atomic mass is 9.86. The number of benzene rings is 1. The van der Waals surface area contributed by atoms with Crippen molar-refractivity contribution in [1.82, 2.24) is 5.32 Å². The fourth-order valence-electron chi connectivity index (χ4n) is 3.08. The Hall–Kier alpha value is -1.13. The number of ether oxygens (including phenoxy) is 1. The SMILES string of the molecule is CCN(CC1(CNC2CC2)CCOC1)c1cccc(F)c1. The van der Waals surface area contributed by atoms with Crippen LogP contribution in [0.2, 0.25) is 0 Å². The number of hydrogen-bond acceptors (Lipinski definition) is 3. The highest BCUT2D eigenvalue weighted by molar-refractivity contribution is 5.46. The minimum Gasteiger partial charge on any atom is -0.381 e. The standard InChI is InChI=1S/C17H25FN2O/c1-2-20(16-5-3-4-14(18)10-16)12-17(8-9-21-13-17)11-19-15-6-7-15/h3-5,10,15,19H,2,6-9,11-13H2,1H3. The van der Waals surface area contributed by atoms with Gasteiger partial charge in [-0.15, -0.1) is 0 Å². The number of hydrogen-bond donors (Lipinski definition) is 1. The normalized spacial score (nSPS) is 25.2. The number of rotatable bonds is 7. The minimum atomic E-state index is -0.168. The monoisotopic (exact) mass is 292 g/mol. The van der Waals surface area contributed by atoms with Crippen molar-refractivity contribution in [3.63, 3.8) is 0 Å². The maximum absolute atomic E-state index is 13.5. The topological polar surface area (TPSA) is 24.5 Å². The Balaban J connectivity index is 1.70. The fourth-order valence-corrected chi connectivity index (χ4v) is 3.08. The van der Waals surface area contributed by atoms with E-state index in [0.29, 0.717) is 6.04 Å². The van der Waals surface area contributed by atoms with Crippen LogP contribution in [0.15, 0.2) is 24.3 Å². The van der Waals surface area contributed by atoms with Gasteiger partial charge in [-0.05, 0) is 44.4 Å². The van der Waals surface area contributed by atoms with E-state index in [1.807, 2.05) is 6.07 Å². The van der Waals surface area contributed by atoms with Crippen molar-refractivity contribution in [1.29, 1.82) is 0 Å². The van der Waals surface area contributed by atoms with E-state index in [4.69, 9.17) is 4.74 Å². The Morgan fingerprint density at radius 2 is 2.29 bits per heavy atom. The zero-order valence-electron chi connectivity index (χ0n) is 12.8. The average molecular weight is 292 g/mol. The van der Waals surface area contributed by atoms with Crippen LogP contribution >= 0.6 is 0 Å². The molecule has 0 radical (unpaired) electrons. The quantitative estimate of drug-likeness (QED) is 0.836. The molecule has 1 saturated carbocycles. The molecule has 1 aliphatic carbocycles. The molecule has 1 unspecified atom stereocenters. The van der Waals surface area contributed by atoms with Crippen LogP contribution in [0.3, 0.4) is 0 Å². The second-order valence-corrected chi connectivity index (χ2v) is 6.45. The summed E-state index contributed by atoms with van der Waals surface area (Å²) in [5, 5.41) is 3.65. The molecule has 3 rings (SSSR count). The van der Waals surface area contributed by atoms with Crippen molar-refractivity contribution in [2.45, 2.75) is 32.2 Å². The van der Waals surface area contributed by atoms with Crippen molar-refractivity contribution in [2.75, 3.05) is 37.7 Å². The molecule has 2 fully saturated rings. The zero-order chi connectivity index (χ0) is 14.7. The molecule has 0 amide bonds. The lowest BCUT2D eigenvalue weighted by Crippen LogP contribution is -2.45. The largest absolute Gasteiger partial charge is 0.381 e. The van der Waals surface area contributed by atoms with Crippen LogP contribution in [0.4, 0.5) is 10.1 Å². The van der Waals surface area contributed by atoms with Gasteiger partial charge in [0.05, 0.1) is 6.61 Å². The molecule has 1 N–H and O–H groups in total. The first-order valence-electron chi connectivity index (χ1n) is 8.02. The molecular formula is C17H25FN2O. The molecule has 1 aromatic carbocycles. The molecule has 1 saturated heterocycles. The lowest BCUT2D eigenvalue weighted by molar-refractivity contribution is 0.152. The van der Waals surface area contributed by atoms with Crippen molar-refractivity contribution >= 4 is 5.69 Å². The summed E-state index contributed by atoms with van der Waals surface area (Å²) in [6.45, 7) is 6.58. The molecule has 0 spiro atoms. The van der Waals surface area contributed by atoms with Crippen molar-refractivity contribution in [3.8, 4) is 0 Å².